The van der Waals surface area contributed by atoms with Crippen molar-refractivity contribution >= 4 is 26.8 Å². The van der Waals surface area contributed by atoms with Gasteiger partial charge in [0.2, 0.25) is 0 Å². The van der Waals surface area contributed by atoms with Crippen molar-refractivity contribution in [2.75, 3.05) is 0 Å². The topological polar surface area (TPSA) is 25.2 Å². The first-order chi connectivity index (χ1) is 5.68. The normalized spacial score (nSPS) is 10.8. The molecule has 2 nitrogen and oxygen atoms in total. The summed E-state index contributed by atoms with van der Waals surface area (Å²) in [6, 6.07) is 5.63. The fourth-order valence-electron chi connectivity index (χ4n) is 1.28. The minimum absolute atomic E-state index is 0.286. The van der Waals surface area contributed by atoms with Gasteiger partial charge in [-0.2, -0.15) is 0 Å². The van der Waals surface area contributed by atoms with E-state index in [1.165, 1.54) is 0 Å². The van der Waals surface area contributed by atoms with Gasteiger partial charge in [-0.25, -0.2) is 0 Å². The van der Waals surface area contributed by atoms with E-state index in [0.29, 0.717) is 0 Å². The van der Waals surface area contributed by atoms with Crippen molar-refractivity contribution in [3.63, 3.8) is 0 Å². The molecule has 0 amide bonds. The molecule has 0 aliphatic carbocycles. The second kappa shape index (κ2) is 2.52. The number of phenolic OH excluding ortho intramolecular Hbond substituents is 1. The SMILES string of the molecule is Cn1ccc2cc(O)c(Br)cc21. The summed E-state index contributed by atoms with van der Waals surface area (Å²) in [5, 5.41) is 10.4. The third-order valence-electron chi connectivity index (χ3n) is 1.95. The van der Waals surface area contributed by atoms with Gasteiger partial charge in [-0.05, 0) is 34.1 Å². The second-order valence-corrected chi connectivity index (χ2v) is 3.64. The molecule has 1 N–H and O–H groups in total. The van der Waals surface area contributed by atoms with Crippen LogP contribution in [0.5, 0.6) is 5.75 Å². The average molecular weight is 226 g/mol. The summed E-state index contributed by atoms with van der Waals surface area (Å²) in [5.41, 5.74) is 1.11. The minimum atomic E-state index is 0.286. The lowest BCUT2D eigenvalue weighted by Gasteiger charge is -1.99. The lowest BCUT2D eigenvalue weighted by molar-refractivity contribution is 0.473. The van der Waals surface area contributed by atoms with Gasteiger partial charge in [0.1, 0.15) is 5.75 Å². The zero-order chi connectivity index (χ0) is 8.72. The Morgan fingerprint density at radius 3 is 2.92 bits per heavy atom. The Morgan fingerprint density at radius 1 is 1.42 bits per heavy atom. The van der Waals surface area contributed by atoms with Crippen molar-refractivity contribution in [3.8, 4) is 5.75 Å². The number of halogens is 1. The lowest BCUT2D eigenvalue weighted by atomic mass is 10.2. The van der Waals surface area contributed by atoms with E-state index >= 15 is 0 Å². The lowest BCUT2D eigenvalue weighted by Crippen LogP contribution is -1.83. The number of aromatic nitrogens is 1. The third kappa shape index (κ3) is 1.01. The average Bonchev–Trinajstić information content (AvgIpc) is 2.35. The number of aryl methyl sites for hydroxylation is 1. The molecule has 0 aliphatic rings. The quantitative estimate of drug-likeness (QED) is 0.733. The van der Waals surface area contributed by atoms with E-state index in [9.17, 15) is 5.11 Å². The Kier molecular flexibility index (Phi) is 1.61. The van der Waals surface area contributed by atoms with Crippen LogP contribution in [0.25, 0.3) is 10.9 Å². The molecule has 0 aliphatic heterocycles. The fourth-order valence-corrected chi connectivity index (χ4v) is 1.61. The molecule has 3 heteroatoms. The Labute approximate surface area is 78.6 Å². The van der Waals surface area contributed by atoms with Crippen molar-refractivity contribution in [2.45, 2.75) is 0 Å². The number of benzene rings is 1. The van der Waals surface area contributed by atoms with Crippen LogP contribution in [-0.2, 0) is 7.05 Å². The number of fused-ring (bicyclic) bond motifs is 1. The van der Waals surface area contributed by atoms with Gasteiger partial charge in [0, 0.05) is 24.1 Å². The number of hydrogen-bond acceptors (Lipinski definition) is 1. The summed E-state index contributed by atoms with van der Waals surface area (Å²) < 4.78 is 2.75. The van der Waals surface area contributed by atoms with Crippen LogP contribution in [-0.4, -0.2) is 9.67 Å². The van der Waals surface area contributed by atoms with Gasteiger partial charge in [0.15, 0.2) is 0 Å². The summed E-state index contributed by atoms with van der Waals surface area (Å²) >= 11 is 3.27. The largest absolute Gasteiger partial charge is 0.507 e. The van der Waals surface area contributed by atoms with Gasteiger partial charge in [-0.1, -0.05) is 0 Å². The van der Waals surface area contributed by atoms with Gasteiger partial charge < -0.3 is 9.67 Å². The van der Waals surface area contributed by atoms with Gasteiger partial charge in [0.25, 0.3) is 0 Å². The minimum Gasteiger partial charge on any atom is -0.507 e. The van der Waals surface area contributed by atoms with Crippen LogP contribution >= 0.6 is 15.9 Å². The molecule has 2 aromatic rings. The summed E-state index contributed by atoms with van der Waals surface area (Å²) in [6.45, 7) is 0. The Bertz CT molecular complexity index is 433. The molecule has 12 heavy (non-hydrogen) atoms. The zero-order valence-corrected chi connectivity index (χ0v) is 8.17. The summed E-state index contributed by atoms with van der Waals surface area (Å²) in [5.74, 6) is 0.286. The summed E-state index contributed by atoms with van der Waals surface area (Å²) in [7, 11) is 1.98. The smallest absolute Gasteiger partial charge is 0.130 e. The zero-order valence-electron chi connectivity index (χ0n) is 6.58. The van der Waals surface area contributed by atoms with Crippen molar-refractivity contribution < 1.29 is 5.11 Å². The molecule has 0 unspecified atom stereocenters. The van der Waals surface area contributed by atoms with Gasteiger partial charge in [-0.3, -0.25) is 0 Å². The van der Waals surface area contributed by atoms with Crippen molar-refractivity contribution in [3.05, 3.63) is 28.9 Å². The molecule has 0 saturated carbocycles. The maximum absolute atomic E-state index is 9.37. The molecule has 0 bridgehead atoms. The first-order valence-electron chi connectivity index (χ1n) is 3.62. The van der Waals surface area contributed by atoms with Crippen LogP contribution in [0.15, 0.2) is 28.9 Å². The molecular weight excluding hydrogens is 218 g/mol. The Balaban J connectivity index is 2.87. The van der Waals surface area contributed by atoms with E-state index in [4.69, 9.17) is 0 Å². The predicted octanol–water partition coefficient (Wildman–Crippen LogP) is 2.65. The summed E-state index contributed by atoms with van der Waals surface area (Å²) in [6.07, 6.45) is 1.97. The molecule has 0 spiro atoms. The second-order valence-electron chi connectivity index (χ2n) is 2.79. The van der Waals surface area contributed by atoms with Crippen molar-refractivity contribution in [1.29, 1.82) is 0 Å². The van der Waals surface area contributed by atoms with E-state index < -0.39 is 0 Å². The molecular formula is C9H8BrNO. The van der Waals surface area contributed by atoms with E-state index in [0.717, 1.165) is 15.4 Å². The monoisotopic (exact) mass is 225 g/mol. The number of phenols is 1. The number of nitrogens with zero attached hydrogens (tertiary/aromatic N) is 1. The van der Waals surface area contributed by atoms with Crippen LogP contribution in [0.4, 0.5) is 0 Å². The standard InChI is InChI=1S/C9H8BrNO/c1-11-3-2-6-4-9(12)7(10)5-8(6)11/h2-5,12H,1H3. The molecule has 1 aromatic heterocycles. The molecule has 0 radical (unpaired) electrons. The van der Waals surface area contributed by atoms with Gasteiger partial charge >= 0.3 is 0 Å². The van der Waals surface area contributed by atoms with Crippen LogP contribution in [0, 0.1) is 0 Å². The van der Waals surface area contributed by atoms with Crippen molar-refractivity contribution in [1.82, 2.24) is 4.57 Å². The highest BCUT2D eigenvalue weighted by Gasteiger charge is 2.02. The first kappa shape index (κ1) is 7.68. The molecule has 0 saturated heterocycles. The van der Waals surface area contributed by atoms with Crippen LogP contribution in [0.1, 0.15) is 0 Å². The molecule has 0 atom stereocenters. The molecule has 2 rings (SSSR count). The number of aromatic hydroxyl groups is 1. The van der Waals surface area contributed by atoms with Gasteiger partial charge in [0.05, 0.1) is 4.47 Å². The highest BCUT2D eigenvalue weighted by atomic mass is 79.9. The highest BCUT2D eigenvalue weighted by Crippen LogP contribution is 2.29. The molecule has 1 aromatic carbocycles. The fraction of sp³-hybridized carbons (Fsp3) is 0.111. The molecule has 0 fully saturated rings. The maximum atomic E-state index is 9.37. The summed E-state index contributed by atoms with van der Waals surface area (Å²) in [4.78, 5) is 0. The highest BCUT2D eigenvalue weighted by molar-refractivity contribution is 9.10. The van der Waals surface area contributed by atoms with Crippen molar-refractivity contribution in [2.24, 2.45) is 7.05 Å². The third-order valence-corrected chi connectivity index (χ3v) is 2.59. The first-order valence-corrected chi connectivity index (χ1v) is 4.41. The van der Waals surface area contributed by atoms with E-state index in [1.807, 2.05) is 29.9 Å². The van der Waals surface area contributed by atoms with Crippen LogP contribution in [0.3, 0.4) is 0 Å². The predicted molar refractivity (Wildman–Crippen MR) is 52.3 cm³/mol. The van der Waals surface area contributed by atoms with Gasteiger partial charge in [-0.15, -0.1) is 0 Å². The van der Waals surface area contributed by atoms with Crippen LogP contribution in [0.2, 0.25) is 0 Å². The molecule has 1 heterocycles. The Hall–Kier alpha value is -0.960. The van der Waals surface area contributed by atoms with E-state index in [-0.39, 0.29) is 5.75 Å². The number of hydrogen-bond donors (Lipinski definition) is 1. The molecule has 62 valence electrons. The maximum Gasteiger partial charge on any atom is 0.130 e. The number of rotatable bonds is 0. The van der Waals surface area contributed by atoms with E-state index in [2.05, 4.69) is 15.9 Å². The van der Waals surface area contributed by atoms with E-state index in [1.54, 1.807) is 6.07 Å². The Morgan fingerprint density at radius 2 is 2.17 bits per heavy atom. The van der Waals surface area contributed by atoms with Crippen LogP contribution < -0.4 is 0 Å².